The van der Waals surface area contributed by atoms with Crippen molar-refractivity contribution in [2.75, 3.05) is 39.0 Å². The molecule has 0 bridgehead atoms. The Morgan fingerprint density at radius 3 is 2.54 bits per heavy atom. The van der Waals surface area contributed by atoms with Gasteiger partial charge in [0.15, 0.2) is 5.96 Å². The third-order valence-corrected chi connectivity index (χ3v) is 7.47. The van der Waals surface area contributed by atoms with E-state index in [9.17, 15) is 4.79 Å². The molecule has 3 rings (SSSR count). The van der Waals surface area contributed by atoms with Crippen LogP contribution in [0.3, 0.4) is 0 Å². The number of aliphatic imine (C=N–C) groups is 1. The van der Waals surface area contributed by atoms with Crippen LogP contribution in [0.1, 0.15) is 57.8 Å². The molecule has 1 heterocycles. The molecule has 1 aliphatic heterocycles. The van der Waals surface area contributed by atoms with Crippen molar-refractivity contribution in [3.05, 3.63) is 0 Å². The third kappa shape index (κ3) is 5.91. The fraction of sp³-hybridized carbons (Fsp3) is 0.895. The first-order valence-electron chi connectivity index (χ1n) is 10.1. The van der Waals surface area contributed by atoms with Crippen LogP contribution in [0.2, 0.25) is 0 Å². The van der Waals surface area contributed by atoms with E-state index in [0.29, 0.717) is 10.7 Å². The number of carbonyl (C=O) groups excluding carboxylic acids is 1. The molecule has 2 aliphatic carbocycles. The predicted molar refractivity (Wildman–Crippen MR) is 122 cm³/mol. The van der Waals surface area contributed by atoms with Crippen LogP contribution >= 0.6 is 35.7 Å². The number of carbonyl (C=O) groups is 1. The lowest BCUT2D eigenvalue weighted by Crippen LogP contribution is -2.53. The molecule has 1 spiro atoms. The van der Waals surface area contributed by atoms with Crippen molar-refractivity contribution >= 4 is 47.6 Å². The summed E-state index contributed by atoms with van der Waals surface area (Å²) in [4.78, 5) is 18.8. The van der Waals surface area contributed by atoms with Gasteiger partial charge in [0.25, 0.3) is 0 Å². The second-order valence-electron chi connectivity index (χ2n) is 7.76. The monoisotopic (exact) mass is 494 g/mol. The standard InChI is InChI=1S/C19H34N4OS.HI/c1-20-18(22-12-6-11-21-17(24)16-7-5-8-16)23-13-14-25-19(15-23)9-3-2-4-10-19;/h16H,2-15H2,1H3,(H,20,22)(H,21,24);1H. The van der Waals surface area contributed by atoms with Crippen molar-refractivity contribution in [1.82, 2.24) is 15.5 Å². The Labute approximate surface area is 179 Å². The van der Waals surface area contributed by atoms with Crippen LogP contribution in [0.25, 0.3) is 0 Å². The summed E-state index contributed by atoms with van der Waals surface area (Å²) in [5.41, 5.74) is 0. The van der Waals surface area contributed by atoms with E-state index >= 15 is 0 Å². The van der Waals surface area contributed by atoms with E-state index in [2.05, 4.69) is 32.3 Å². The van der Waals surface area contributed by atoms with E-state index in [0.717, 1.165) is 51.4 Å². The Kier molecular flexibility index (Phi) is 9.33. The average molecular weight is 494 g/mol. The molecule has 2 saturated carbocycles. The lowest BCUT2D eigenvalue weighted by Gasteiger charge is -2.45. The zero-order valence-corrected chi connectivity index (χ0v) is 19.2. The van der Waals surface area contributed by atoms with Crippen LogP contribution < -0.4 is 10.6 Å². The molecule has 150 valence electrons. The van der Waals surface area contributed by atoms with Gasteiger partial charge in [-0.3, -0.25) is 9.79 Å². The summed E-state index contributed by atoms with van der Waals surface area (Å²) >= 11 is 2.19. The number of guanidine groups is 1. The molecule has 26 heavy (non-hydrogen) atoms. The zero-order valence-electron chi connectivity index (χ0n) is 16.1. The lowest BCUT2D eigenvalue weighted by molar-refractivity contribution is -0.127. The Morgan fingerprint density at radius 1 is 1.15 bits per heavy atom. The van der Waals surface area contributed by atoms with Gasteiger partial charge in [0.2, 0.25) is 5.91 Å². The van der Waals surface area contributed by atoms with Crippen LogP contribution in [0.5, 0.6) is 0 Å². The van der Waals surface area contributed by atoms with Crippen molar-refractivity contribution in [2.24, 2.45) is 10.9 Å². The molecule has 0 radical (unpaired) electrons. The molecule has 1 amide bonds. The minimum atomic E-state index is 0. The van der Waals surface area contributed by atoms with E-state index in [1.807, 2.05) is 7.05 Å². The van der Waals surface area contributed by atoms with Gasteiger partial charge in [-0.2, -0.15) is 11.8 Å². The van der Waals surface area contributed by atoms with Gasteiger partial charge in [0.1, 0.15) is 0 Å². The van der Waals surface area contributed by atoms with Gasteiger partial charge in [-0.1, -0.05) is 25.7 Å². The number of hydrogen-bond donors (Lipinski definition) is 2. The Bertz CT molecular complexity index is 473. The number of hydrogen-bond acceptors (Lipinski definition) is 3. The first-order chi connectivity index (χ1) is 12.2. The summed E-state index contributed by atoms with van der Waals surface area (Å²) in [6, 6.07) is 0. The zero-order chi connectivity index (χ0) is 17.5. The van der Waals surface area contributed by atoms with Gasteiger partial charge < -0.3 is 15.5 Å². The molecule has 0 atom stereocenters. The minimum Gasteiger partial charge on any atom is -0.356 e. The summed E-state index contributed by atoms with van der Waals surface area (Å²) in [5, 5.41) is 6.57. The first-order valence-corrected chi connectivity index (χ1v) is 11.1. The summed E-state index contributed by atoms with van der Waals surface area (Å²) in [6.45, 7) is 3.85. The molecular weight excluding hydrogens is 459 g/mol. The SMILES string of the molecule is CN=C(NCCCNC(=O)C1CCC1)N1CCSC2(CCCCC2)C1.I. The lowest BCUT2D eigenvalue weighted by atomic mass is 9.85. The number of rotatable bonds is 5. The molecule has 2 N–H and O–H groups in total. The molecule has 7 heteroatoms. The van der Waals surface area contributed by atoms with Gasteiger partial charge in [-0.25, -0.2) is 0 Å². The molecule has 0 aromatic heterocycles. The maximum absolute atomic E-state index is 11.8. The minimum absolute atomic E-state index is 0. The van der Waals surface area contributed by atoms with E-state index in [1.54, 1.807) is 0 Å². The second kappa shape index (κ2) is 11.0. The Morgan fingerprint density at radius 2 is 1.88 bits per heavy atom. The summed E-state index contributed by atoms with van der Waals surface area (Å²) in [6.07, 6.45) is 11.2. The summed E-state index contributed by atoms with van der Waals surface area (Å²) in [5.74, 6) is 2.79. The van der Waals surface area contributed by atoms with Crippen LogP contribution in [0.4, 0.5) is 0 Å². The highest BCUT2D eigenvalue weighted by Crippen LogP contribution is 2.42. The van der Waals surface area contributed by atoms with Crippen molar-refractivity contribution in [2.45, 2.75) is 62.5 Å². The molecule has 5 nitrogen and oxygen atoms in total. The average Bonchev–Trinajstić information content (AvgIpc) is 2.57. The summed E-state index contributed by atoms with van der Waals surface area (Å²) in [7, 11) is 1.88. The van der Waals surface area contributed by atoms with Crippen molar-refractivity contribution in [1.29, 1.82) is 0 Å². The number of amides is 1. The number of halogens is 1. The predicted octanol–water partition coefficient (Wildman–Crippen LogP) is 3.24. The maximum atomic E-state index is 11.8. The Balaban J connectivity index is 0.00000243. The van der Waals surface area contributed by atoms with E-state index in [-0.39, 0.29) is 29.9 Å². The van der Waals surface area contributed by atoms with E-state index in [4.69, 9.17) is 0 Å². The van der Waals surface area contributed by atoms with Crippen LogP contribution in [-0.4, -0.2) is 60.5 Å². The molecule has 3 fully saturated rings. The molecule has 0 unspecified atom stereocenters. The largest absolute Gasteiger partial charge is 0.356 e. The smallest absolute Gasteiger partial charge is 0.223 e. The highest BCUT2D eigenvalue weighted by molar-refractivity contribution is 14.0. The van der Waals surface area contributed by atoms with E-state index in [1.165, 1.54) is 44.3 Å². The highest BCUT2D eigenvalue weighted by Gasteiger charge is 2.38. The first kappa shape index (κ1) is 22.1. The number of nitrogens with one attached hydrogen (secondary N) is 2. The normalized spacial score (nSPS) is 23.1. The van der Waals surface area contributed by atoms with Crippen LogP contribution in [0.15, 0.2) is 4.99 Å². The topological polar surface area (TPSA) is 56.7 Å². The maximum Gasteiger partial charge on any atom is 0.223 e. The van der Waals surface area contributed by atoms with Crippen LogP contribution in [0, 0.1) is 5.92 Å². The summed E-state index contributed by atoms with van der Waals surface area (Å²) < 4.78 is 0.463. The van der Waals surface area contributed by atoms with Crippen LogP contribution in [-0.2, 0) is 4.79 Å². The van der Waals surface area contributed by atoms with Crippen molar-refractivity contribution in [3.63, 3.8) is 0 Å². The highest BCUT2D eigenvalue weighted by atomic mass is 127. The van der Waals surface area contributed by atoms with Gasteiger partial charge in [0, 0.05) is 49.6 Å². The van der Waals surface area contributed by atoms with Crippen molar-refractivity contribution in [3.8, 4) is 0 Å². The molecule has 0 aromatic rings. The second-order valence-corrected chi connectivity index (χ2v) is 9.32. The van der Waals surface area contributed by atoms with Gasteiger partial charge >= 0.3 is 0 Å². The number of nitrogens with zero attached hydrogens (tertiary/aromatic N) is 2. The van der Waals surface area contributed by atoms with Gasteiger partial charge in [-0.05, 0) is 32.1 Å². The molecule has 0 aromatic carbocycles. The molecular formula is C19H35IN4OS. The Hall–Kier alpha value is -0.180. The number of thioether (sulfide) groups is 1. The fourth-order valence-corrected chi connectivity index (χ4v) is 5.74. The van der Waals surface area contributed by atoms with Crippen molar-refractivity contribution < 1.29 is 4.79 Å². The van der Waals surface area contributed by atoms with Gasteiger partial charge in [0.05, 0.1) is 0 Å². The fourth-order valence-electron chi connectivity index (χ4n) is 4.17. The quantitative estimate of drug-likeness (QED) is 0.267. The molecule has 1 saturated heterocycles. The molecule has 3 aliphatic rings. The third-order valence-electron chi connectivity index (χ3n) is 5.94. The van der Waals surface area contributed by atoms with E-state index < -0.39 is 0 Å². The van der Waals surface area contributed by atoms with Gasteiger partial charge in [-0.15, -0.1) is 24.0 Å².